The molecule has 2 unspecified atom stereocenters. The standard InChI is InChI=1S/C13H19N3/c14-12-6-10-5-11(7-12)9-16(8-10)13-3-1-2-4-15-13/h1-4,10-12H,5-9,14H2. The lowest BCUT2D eigenvalue weighted by Crippen LogP contribution is -2.48. The highest BCUT2D eigenvalue weighted by molar-refractivity contribution is 5.38. The van der Waals surface area contributed by atoms with E-state index in [4.69, 9.17) is 5.73 Å². The minimum atomic E-state index is 0.439. The minimum Gasteiger partial charge on any atom is -0.356 e. The molecule has 86 valence electrons. The summed E-state index contributed by atoms with van der Waals surface area (Å²) in [7, 11) is 0. The Hall–Kier alpha value is -1.09. The maximum absolute atomic E-state index is 6.07. The third-order valence-electron chi connectivity index (χ3n) is 3.87. The average Bonchev–Trinajstić information content (AvgIpc) is 2.28. The fraction of sp³-hybridized carbons (Fsp3) is 0.615. The number of hydrogen-bond acceptors (Lipinski definition) is 3. The monoisotopic (exact) mass is 217 g/mol. The van der Waals surface area contributed by atoms with Crippen molar-refractivity contribution in [3.8, 4) is 0 Å². The molecule has 0 aromatic carbocycles. The fourth-order valence-corrected chi connectivity index (χ4v) is 3.34. The minimum absolute atomic E-state index is 0.439. The maximum atomic E-state index is 6.07. The lowest BCUT2D eigenvalue weighted by molar-refractivity contribution is 0.208. The fourth-order valence-electron chi connectivity index (χ4n) is 3.34. The topological polar surface area (TPSA) is 42.1 Å². The maximum Gasteiger partial charge on any atom is 0.128 e. The van der Waals surface area contributed by atoms with Gasteiger partial charge < -0.3 is 10.6 Å². The zero-order chi connectivity index (χ0) is 11.0. The Morgan fingerprint density at radius 2 is 1.88 bits per heavy atom. The molecule has 1 aliphatic carbocycles. The van der Waals surface area contributed by atoms with Gasteiger partial charge in [0.25, 0.3) is 0 Å². The van der Waals surface area contributed by atoms with Crippen LogP contribution in [-0.2, 0) is 0 Å². The van der Waals surface area contributed by atoms with Crippen LogP contribution in [0.5, 0.6) is 0 Å². The van der Waals surface area contributed by atoms with Crippen LogP contribution in [0, 0.1) is 11.8 Å². The molecule has 1 saturated carbocycles. The molecular weight excluding hydrogens is 198 g/mol. The zero-order valence-corrected chi connectivity index (χ0v) is 9.55. The number of nitrogens with zero attached hydrogens (tertiary/aromatic N) is 2. The summed E-state index contributed by atoms with van der Waals surface area (Å²) in [6, 6.07) is 6.60. The zero-order valence-electron chi connectivity index (χ0n) is 9.55. The number of aromatic nitrogens is 1. The number of nitrogens with two attached hydrogens (primary N) is 1. The molecule has 3 heteroatoms. The number of hydrogen-bond donors (Lipinski definition) is 1. The molecule has 2 heterocycles. The second-order valence-corrected chi connectivity index (χ2v) is 5.29. The molecule has 3 rings (SSSR count). The Kier molecular flexibility index (Phi) is 2.56. The molecule has 3 nitrogen and oxygen atoms in total. The van der Waals surface area contributed by atoms with E-state index in [2.05, 4.69) is 22.0 Å². The van der Waals surface area contributed by atoms with Gasteiger partial charge in [-0.1, -0.05) is 6.07 Å². The van der Waals surface area contributed by atoms with Crippen LogP contribution in [0.3, 0.4) is 0 Å². The highest BCUT2D eigenvalue weighted by atomic mass is 15.2. The molecule has 1 saturated heterocycles. The SMILES string of the molecule is NC1CC2CC(C1)CN(c1ccccn1)C2. The first-order chi connectivity index (χ1) is 7.81. The van der Waals surface area contributed by atoms with Crippen molar-refractivity contribution in [3.63, 3.8) is 0 Å². The lowest BCUT2D eigenvalue weighted by atomic mass is 9.75. The highest BCUT2D eigenvalue weighted by Gasteiger charge is 2.34. The van der Waals surface area contributed by atoms with Gasteiger partial charge in [-0.25, -0.2) is 4.98 Å². The molecule has 0 radical (unpaired) electrons. The Bertz CT molecular complexity index is 333. The van der Waals surface area contributed by atoms with Gasteiger partial charge in [0.2, 0.25) is 0 Å². The van der Waals surface area contributed by atoms with E-state index in [1.165, 1.54) is 19.3 Å². The number of fused-ring (bicyclic) bond motifs is 2. The number of rotatable bonds is 1. The summed E-state index contributed by atoms with van der Waals surface area (Å²) in [5.74, 6) is 2.70. The van der Waals surface area contributed by atoms with Crippen LogP contribution < -0.4 is 10.6 Å². The van der Waals surface area contributed by atoms with Gasteiger partial charge in [0.1, 0.15) is 5.82 Å². The molecule has 1 aromatic rings. The lowest BCUT2D eigenvalue weighted by Gasteiger charge is -2.44. The van der Waals surface area contributed by atoms with Crippen LogP contribution in [0.4, 0.5) is 5.82 Å². The van der Waals surface area contributed by atoms with Crippen molar-refractivity contribution in [1.29, 1.82) is 0 Å². The van der Waals surface area contributed by atoms with Gasteiger partial charge in [-0.2, -0.15) is 0 Å². The van der Waals surface area contributed by atoms with Crippen LogP contribution in [0.25, 0.3) is 0 Å². The Morgan fingerprint density at radius 3 is 2.50 bits per heavy atom. The van der Waals surface area contributed by atoms with Crippen molar-refractivity contribution < 1.29 is 0 Å². The molecular formula is C13H19N3. The highest BCUT2D eigenvalue weighted by Crippen LogP contribution is 2.35. The number of piperidine rings is 1. The van der Waals surface area contributed by atoms with E-state index in [1.54, 1.807) is 0 Å². The first-order valence-corrected chi connectivity index (χ1v) is 6.23. The smallest absolute Gasteiger partial charge is 0.128 e. The predicted molar refractivity (Wildman–Crippen MR) is 65.3 cm³/mol. The average molecular weight is 217 g/mol. The van der Waals surface area contributed by atoms with Crippen molar-refractivity contribution in [2.75, 3.05) is 18.0 Å². The molecule has 2 N–H and O–H groups in total. The second kappa shape index (κ2) is 4.06. The molecule has 1 aliphatic heterocycles. The third-order valence-corrected chi connectivity index (χ3v) is 3.87. The normalized spacial score (nSPS) is 33.8. The summed E-state index contributed by atoms with van der Waals surface area (Å²) in [6.07, 6.45) is 5.64. The Morgan fingerprint density at radius 1 is 1.12 bits per heavy atom. The van der Waals surface area contributed by atoms with Crippen molar-refractivity contribution >= 4 is 5.82 Å². The molecule has 2 aliphatic rings. The van der Waals surface area contributed by atoms with E-state index < -0.39 is 0 Å². The van der Waals surface area contributed by atoms with Gasteiger partial charge in [-0.3, -0.25) is 0 Å². The summed E-state index contributed by atoms with van der Waals surface area (Å²) in [5, 5.41) is 0. The molecule has 2 atom stereocenters. The molecule has 16 heavy (non-hydrogen) atoms. The summed E-state index contributed by atoms with van der Waals surface area (Å²) in [6.45, 7) is 2.28. The number of anilines is 1. The summed E-state index contributed by atoms with van der Waals surface area (Å²) in [5.41, 5.74) is 6.07. The van der Waals surface area contributed by atoms with E-state index in [1.807, 2.05) is 12.3 Å². The van der Waals surface area contributed by atoms with Gasteiger partial charge in [0.15, 0.2) is 0 Å². The third kappa shape index (κ3) is 1.92. The van der Waals surface area contributed by atoms with Gasteiger partial charge >= 0.3 is 0 Å². The van der Waals surface area contributed by atoms with Crippen LogP contribution in [0.2, 0.25) is 0 Å². The van der Waals surface area contributed by atoms with Gasteiger partial charge in [-0.05, 0) is 43.2 Å². The summed E-state index contributed by atoms with van der Waals surface area (Å²) in [4.78, 5) is 6.88. The van der Waals surface area contributed by atoms with Crippen LogP contribution in [0.1, 0.15) is 19.3 Å². The Labute approximate surface area is 96.7 Å². The van der Waals surface area contributed by atoms with Crippen molar-refractivity contribution in [2.24, 2.45) is 17.6 Å². The Balaban J connectivity index is 1.76. The van der Waals surface area contributed by atoms with Crippen LogP contribution in [-0.4, -0.2) is 24.1 Å². The van der Waals surface area contributed by atoms with Crippen molar-refractivity contribution in [2.45, 2.75) is 25.3 Å². The molecule has 0 spiro atoms. The van der Waals surface area contributed by atoms with E-state index in [0.29, 0.717) is 6.04 Å². The quantitative estimate of drug-likeness (QED) is 0.777. The van der Waals surface area contributed by atoms with Crippen LogP contribution >= 0.6 is 0 Å². The van der Waals surface area contributed by atoms with E-state index in [9.17, 15) is 0 Å². The first-order valence-electron chi connectivity index (χ1n) is 6.23. The summed E-state index contributed by atoms with van der Waals surface area (Å²) >= 11 is 0. The predicted octanol–water partition coefficient (Wildman–Crippen LogP) is 1.65. The van der Waals surface area contributed by atoms with Gasteiger partial charge in [-0.15, -0.1) is 0 Å². The largest absolute Gasteiger partial charge is 0.356 e. The van der Waals surface area contributed by atoms with Crippen molar-refractivity contribution in [1.82, 2.24) is 4.98 Å². The van der Waals surface area contributed by atoms with E-state index in [-0.39, 0.29) is 0 Å². The first kappa shape index (κ1) is 10.1. The molecule has 0 amide bonds. The number of pyridine rings is 1. The molecule has 2 bridgehead atoms. The van der Waals surface area contributed by atoms with Gasteiger partial charge in [0.05, 0.1) is 0 Å². The second-order valence-electron chi connectivity index (χ2n) is 5.29. The summed E-state index contributed by atoms with van der Waals surface area (Å²) < 4.78 is 0. The van der Waals surface area contributed by atoms with E-state index >= 15 is 0 Å². The molecule has 1 aromatic heterocycles. The van der Waals surface area contributed by atoms with E-state index in [0.717, 1.165) is 30.7 Å². The van der Waals surface area contributed by atoms with Crippen LogP contribution in [0.15, 0.2) is 24.4 Å². The molecule has 2 fully saturated rings. The van der Waals surface area contributed by atoms with Gasteiger partial charge in [0, 0.05) is 25.3 Å². The van der Waals surface area contributed by atoms with Crippen molar-refractivity contribution in [3.05, 3.63) is 24.4 Å².